The van der Waals surface area contributed by atoms with Crippen LogP contribution < -0.4 is 10.6 Å². The van der Waals surface area contributed by atoms with Gasteiger partial charge in [0.15, 0.2) is 5.65 Å². The minimum Gasteiger partial charge on any atom is -0.478 e. The molecule has 3 aromatic heterocycles. The molecular weight excluding hydrogens is 568 g/mol. The number of carboxylic acid groups (broad SMARTS) is 1. The Morgan fingerprint density at radius 3 is 2.51 bits per heavy atom. The monoisotopic (exact) mass is 600 g/mol. The zero-order chi connectivity index (χ0) is 31.2. The Kier molecular flexibility index (Phi) is 8.07. The highest BCUT2D eigenvalue weighted by atomic mass is 35.5. The number of fused-ring (bicyclic) bond motifs is 1. The molecule has 0 bridgehead atoms. The van der Waals surface area contributed by atoms with Gasteiger partial charge in [-0.05, 0) is 56.5 Å². The number of hydrogen-bond donors (Lipinski definition) is 1. The number of aromatic carboxylic acids is 1. The summed E-state index contributed by atoms with van der Waals surface area (Å²) in [6.07, 6.45) is 3.01. The number of anilines is 1. The van der Waals surface area contributed by atoms with Crippen LogP contribution >= 0.6 is 11.6 Å². The van der Waals surface area contributed by atoms with E-state index < -0.39 is 11.7 Å². The van der Waals surface area contributed by atoms with Crippen molar-refractivity contribution in [1.82, 2.24) is 24.4 Å². The van der Waals surface area contributed by atoms with Crippen molar-refractivity contribution >= 4 is 40.3 Å². The predicted molar refractivity (Wildman–Crippen MR) is 167 cm³/mol. The molecule has 1 aromatic carbocycles. The van der Waals surface area contributed by atoms with Gasteiger partial charge in [-0.15, -0.1) is 0 Å². The molecule has 0 radical (unpaired) electrons. The molecule has 43 heavy (non-hydrogen) atoms. The number of carbonyl (C=O) groups excluding carboxylic acids is 1. The summed E-state index contributed by atoms with van der Waals surface area (Å²) in [5, 5.41) is 10.6. The van der Waals surface area contributed by atoms with Crippen molar-refractivity contribution in [3.63, 3.8) is 0 Å². The van der Waals surface area contributed by atoms with Crippen molar-refractivity contribution in [2.45, 2.75) is 52.6 Å². The van der Waals surface area contributed by atoms with Crippen LogP contribution in [0.4, 0.5) is 5.82 Å². The number of amides is 1. The number of halogens is 1. The van der Waals surface area contributed by atoms with Gasteiger partial charge < -0.3 is 14.9 Å². The summed E-state index contributed by atoms with van der Waals surface area (Å²) in [6, 6.07) is 9.61. The number of carboxylic acids is 1. The second-order valence-corrected chi connectivity index (χ2v) is 11.6. The van der Waals surface area contributed by atoms with Crippen LogP contribution in [0.25, 0.3) is 28.0 Å². The molecule has 0 spiro atoms. The van der Waals surface area contributed by atoms with E-state index in [-0.39, 0.29) is 45.8 Å². The Labute approximate surface area is 254 Å². The van der Waals surface area contributed by atoms with Crippen LogP contribution in [-0.4, -0.2) is 66.6 Å². The van der Waals surface area contributed by atoms with Crippen molar-refractivity contribution < 1.29 is 14.7 Å². The highest BCUT2D eigenvalue weighted by Crippen LogP contribution is 2.37. The van der Waals surface area contributed by atoms with Crippen molar-refractivity contribution in [2.24, 2.45) is 0 Å². The fourth-order valence-electron chi connectivity index (χ4n) is 5.72. The normalized spacial score (nSPS) is 17.0. The van der Waals surface area contributed by atoms with E-state index in [9.17, 15) is 19.5 Å². The van der Waals surface area contributed by atoms with Crippen molar-refractivity contribution in [3.05, 3.63) is 87.6 Å². The predicted octanol–water partition coefficient (Wildman–Crippen LogP) is 5.24. The Bertz CT molecular complexity index is 1840. The molecule has 2 atom stereocenters. The van der Waals surface area contributed by atoms with Crippen molar-refractivity contribution in [3.8, 4) is 16.9 Å². The molecule has 1 aliphatic heterocycles. The Hall–Kier alpha value is -4.57. The largest absolute Gasteiger partial charge is 0.478 e. The molecule has 1 N–H and O–H groups in total. The highest BCUT2D eigenvalue weighted by molar-refractivity contribution is 6.34. The lowest BCUT2D eigenvalue weighted by Crippen LogP contribution is -2.58. The van der Waals surface area contributed by atoms with Gasteiger partial charge >= 0.3 is 11.7 Å². The number of aromatic nitrogens is 4. The maximum Gasteiger partial charge on any atom is 0.355 e. The van der Waals surface area contributed by atoms with E-state index in [0.717, 1.165) is 5.56 Å². The van der Waals surface area contributed by atoms with Crippen LogP contribution in [0.3, 0.4) is 0 Å². The van der Waals surface area contributed by atoms with Crippen LogP contribution in [0.1, 0.15) is 55.2 Å². The number of pyridine rings is 2. The van der Waals surface area contributed by atoms with Gasteiger partial charge in [0, 0.05) is 36.9 Å². The van der Waals surface area contributed by atoms with Gasteiger partial charge in [0.05, 0.1) is 33.0 Å². The van der Waals surface area contributed by atoms with Crippen molar-refractivity contribution in [1.29, 1.82) is 0 Å². The molecule has 11 heteroatoms. The molecule has 1 saturated heterocycles. The summed E-state index contributed by atoms with van der Waals surface area (Å²) in [5.41, 5.74) is 2.37. The van der Waals surface area contributed by atoms with Crippen LogP contribution in [-0.2, 0) is 4.79 Å². The van der Waals surface area contributed by atoms with Crippen LogP contribution in [0, 0.1) is 6.92 Å². The average Bonchev–Trinajstić information content (AvgIpc) is 2.97. The van der Waals surface area contributed by atoms with Gasteiger partial charge in [-0.2, -0.15) is 4.98 Å². The van der Waals surface area contributed by atoms with Gasteiger partial charge in [0.25, 0.3) is 0 Å². The minimum atomic E-state index is -1.12. The van der Waals surface area contributed by atoms with Gasteiger partial charge in [-0.25, -0.2) is 19.1 Å². The average molecular weight is 601 g/mol. The highest BCUT2D eigenvalue weighted by Gasteiger charge is 2.34. The summed E-state index contributed by atoms with van der Waals surface area (Å²) in [7, 11) is 0. The molecule has 4 heterocycles. The van der Waals surface area contributed by atoms with E-state index in [2.05, 4.69) is 16.5 Å². The summed E-state index contributed by atoms with van der Waals surface area (Å²) in [4.78, 5) is 56.5. The van der Waals surface area contributed by atoms with Crippen molar-refractivity contribution in [2.75, 3.05) is 18.0 Å². The van der Waals surface area contributed by atoms with E-state index >= 15 is 0 Å². The quantitative estimate of drug-likeness (QED) is 0.298. The smallest absolute Gasteiger partial charge is 0.355 e. The van der Waals surface area contributed by atoms with E-state index in [1.165, 1.54) is 16.7 Å². The molecule has 1 fully saturated rings. The standard InChI is InChI=1S/C32H33ClN6O4/c1-7-25(40)37-15-20(6)38(16-19(37)5)29-23-14-24(33)27(21-10-8-9-11-22(21)31(41)42)35-30(23)39(32(43)36-29)28-18(4)12-13-34-26(28)17(2)3/h7-14,17,19-20H,1,15-16H2,2-6H3,(H,41,42). The first-order valence-corrected chi connectivity index (χ1v) is 14.4. The number of rotatable bonds is 6. The Morgan fingerprint density at radius 2 is 1.84 bits per heavy atom. The fourth-order valence-corrected chi connectivity index (χ4v) is 5.98. The first kappa shape index (κ1) is 29.9. The van der Waals surface area contributed by atoms with Gasteiger partial charge in [-0.1, -0.05) is 50.2 Å². The third-order valence-electron chi connectivity index (χ3n) is 7.85. The first-order valence-electron chi connectivity index (χ1n) is 14.1. The number of aryl methyl sites for hydroxylation is 1. The summed E-state index contributed by atoms with van der Waals surface area (Å²) in [5.74, 6) is -0.915. The van der Waals surface area contributed by atoms with Crippen LogP contribution in [0.15, 0.2) is 60.0 Å². The van der Waals surface area contributed by atoms with Gasteiger partial charge in [-0.3, -0.25) is 9.78 Å². The molecule has 2 unspecified atom stereocenters. The van der Waals surface area contributed by atoms with E-state index in [0.29, 0.717) is 41.2 Å². The molecule has 1 aliphatic rings. The number of benzene rings is 1. The second-order valence-electron chi connectivity index (χ2n) is 11.2. The summed E-state index contributed by atoms with van der Waals surface area (Å²) < 4.78 is 1.45. The maximum absolute atomic E-state index is 14.1. The molecule has 0 aliphatic carbocycles. The summed E-state index contributed by atoms with van der Waals surface area (Å²) >= 11 is 6.86. The van der Waals surface area contributed by atoms with E-state index in [1.54, 1.807) is 35.4 Å². The topological polar surface area (TPSA) is 122 Å². The maximum atomic E-state index is 14.1. The molecule has 4 aromatic rings. The van der Waals surface area contributed by atoms with Gasteiger partial charge in [0.1, 0.15) is 5.82 Å². The van der Waals surface area contributed by atoms with Gasteiger partial charge in [0.2, 0.25) is 5.91 Å². The Balaban J connectivity index is 1.85. The lowest BCUT2D eigenvalue weighted by Gasteiger charge is -2.44. The van der Waals surface area contributed by atoms with Crippen LogP contribution in [0.2, 0.25) is 5.02 Å². The molecule has 5 rings (SSSR count). The number of carbonyl (C=O) groups is 2. The molecule has 0 saturated carbocycles. The minimum absolute atomic E-state index is 0.0209. The second kappa shape index (κ2) is 11.6. The molecular formula is C32H33ClN6O4. The molecule has 10 nitrogen and oxygen atoms in total. The first-order chi connectivity index (χ1) is 20.4. The zero-order valence-electron chi connectivity index (χ0n) is 24.7. The number of hydrogen-bond acceptors (Lipinski definition) is 7. The third kappa shape index (κ3) is 5.27. The zero-order valence-corrected chi connectivity index (χ0v) is 25.5. The number of piperazine rings is 1. The lowest BCUT2D eigenvalue weighted by molar-refractivity contribution is -0.128. The fraction of sp³-hybridized carbons (Fsp3) is 0.312. The molecule has 222 valence electrons. The van der Waals surface area contributed by atoms with E-state index in [4.69, 9.17) is 16.6 Å². The lowest BCUT2D eigenvalue weighted by atomic mass is 10.0. The SMILES string of the molecule is C=CC(=O)N1CC(C)N(c2nc(=O)n(-c3c(C)ccnc3C(C)C)c3nc(-c4ccccc4C(=O)O)c(Cl)cc23)CC1C. The van der Waals surface area contributed by atoms with E-state index in [1.807, 2.05) is 45.6 Å². The molecule has 1 amide bonds. The Morgan fingerprint density at radius 1 is 1.12 bits per heavy atom. The summed E-state index contributed by atoms with van der Waals surface area (Å²) in [6.45, 7) is 14.2. The van der Waals surface area contributed by atoms with Crippen LogP contribution in [0.5, 0.6) is 0 Å². The number of nitrogens with zero attached hydrogens (tertiary/aromatic N) is 6. The third-order valence-corrected chi connectivity index (χ3v) is 8.14.